The Labute approximate surface area is 144 Å². The summed E-state index contributed by atoms with van der Waals surface area (Å²) in [5.74, 6) is 3.97. The lowest BCUT2D eigenvalue weighted by Gasteiger charge is -2.38. The van der Waals surface area contributed by atoms with E-state index < -0.39 is 0 Å². The molecule has 0 aromatic carbocycles. The molecule has 0 saturated heterocycles. The van der Waals surface area contributed by atoms with Crippen LogP contribution >= 0.6 is 0 Å². The summed E-state index contributed by atoms with van der Waals surface area (Å²) in [5.41, 5.74) is 0. The molecule has 0 radical (unpaired) electrons. The van der Waals surface area contributed by atoms with Crippen LogP contribution in [0.25, 0.3) is 0 Å². The van der Waals surface area contributed by atoms with Gasteiger partial charge in [0.2, 0.25) is 0 Å². The lowest BCUT2D eigenvalue weighted by atomic mass is 9.68. The summed E-state index contributed by atoms with van der Waals surface area (Å²) in [6.07, 6.45) is 23.5. The molecule has 0 bridgehead atoms. The fourth-order valence-electron chi connectivity index (χ4n) is 5.15. The van der Waals surface area contributed by atoms with Crippen LogP contribution in [-0.2, 0) is 0 Å². The average molecular weight is 323 g/mol. The first kappa shape index (κ1) is 19.0. The number of hydrogen-bond donors (Lipinski definition) is 0. The zero-order valence-corrected chi connectivity index (χ0v) is 15.4. The summed E-state index contributed by atoms with van der Waals surface area (Å²) in [6.45, 7) is 2.30. The van der Waals surface area contributed by atoms with E-state index in [0.717, 1.165) is 30.1 Å². The predicted molar refractivity (Wildman–Crippen MR) is 99.1 cm³/mol. The van der Waals surface area contributed by atoms with E-state index in [1.165, 1.54) is 89.9 Å². The van der Waals surface area contributed by atoms with Crippen molar-refractivity contribution in [2.75, 3.05) is 0 Å². The quantitative estimate of drug-likeness (QED) is 0.379. The maximum Gasteiger partial charge on any atom is 0.0827 e. The molecule has 2 rings (SSSR count). The Morgan fingerprint density at radius 1 is 0.739 bits per heavy atom. The number of rotatable bonds is 9. The number of halogens is 1. The van der Waals surface area contributed by atoms with Gasteiger partial charge in [-0.25, -0.2) is 4.39 Å². The third kappa shape index (κ3) is 6.98. The first-order valence-electron chi connectivity index (χ1n) is 10.6. The molecule has 2 saturated carbocycles. The van der Waals surface area contributed by atoms with Gasteiger partial charge < -0.3 is 0 Å². The van der Waals surface area contributed by atoms with Crippen LogP contribution in [0.1, 0.15) is 103 Å². The average Bonchev–Trinajstić information content (AvgIpc) is 2.60. The minimum atomic E-state index is 0.715. The van der Waals surface area contributed by atoms with Gasteiger partial charge in [-0.2, -0.15) is 0 Å². The van der Waals surface area contributed by atoms with Crippen molar-refractivity contribution in [3.05, 3.63) is 12.4 Å². The summed E-state index contributed by atoms with van der Waals surface area (Å²) in [4.78, 5) is 0. The molecule has 0 heterocycles. The van der Waals surface area contributed by atoms with Crippen molar-refractivity contribution in [1.82, 2.24) is 0 Å². The first-order chi connectivity index (χ1) is 11.3. The van der Waals surface area contributed by atoms with E-state index in [1.54, 1.807) is 6.08 Å². The van der Waals surface area contributed by atoms with Crippen LogP contribution in [0.3, 0.4) is 0 Å². The molecule has 0 aromatic heterocycles. The Kier molecular flexibility index (Phi) is 9.31. The monoisotopic (exact) mass is 322 g/mol. The predicted octanol–water partition coefficient (Wildman–Crippen LogP) is 7.83. The highest BCUT2D eigenvalue weighted by Gasteiger charge is 2.30. The van der Waals surface area contributed by atoms with Gasteiger partial charge in [0.25, 0.3) is 0 Å². The van der Waals surface area contributed by atoms with E-state index in [0.29, 0.717) is 6.33 Å². The molecular formula is C22H39F. The lowest BCUT2D eigenvalue weighted by molar-refractivity contribution is 0.140. The van der Waals surface area contributed by atoms with Gasteiger partial charge >= 0.3 is 0 Å². The van der Waals surface area contributed by atoms with Crippen LogP contribution in [0, 0.1) is 23.7 Å². The van der Waals surface area contributed by atoms with Crippen molar-refractivity contribution < 1.29 is 4.39 Å². The molecule has 2 aliphatic carbocycles. The van der Waals surface area contributed by atoms with E-state index in [1.807, 2.05) is 0 Å². The minimum absolute atomic E-state index is 0.715. The van der Waals surface area contributed by atoms with Crippen molar-refractivity contribution in [3.63, 3.8) is 0 Å². The summed E-state index contributed by atoms with van der Waals surface area (Å²) in [7, 11) is 0. The van der Waals surface area contributed by atoms with Gasteiger partial charge in [-0.3, -0.25) is 0 Å². The van der Waals surface area contributed by atoms with E-state index in [2.05, 4.69) is 6.92 Å². The second-order valence-electron chi connectivity index (χ2n) is 8.35. The molecule has 23 heavy (non-hydrogen) atoms. The van der Waals surface area contributed by atoms with E-state index >= 15 is 0 Å². The van der Waals surface area contributed by atoms with Crippen LogP contribution in [-0.4, -0.2) is 0 Å². The topological polar surface area (TPSA) is 0 Å². The van der Waals surface area contributed by atoms with Gasteiger partial charge in [0, 0.05) is 0 Å². The Bertz CT molecular complexity index is 306. The molecule has 0 aromatic rings. The van der Waals surface area contributed by atoms with E-state index in [9.17, 15) is 4.39 Å². The van der Waals surface area contributed by atoms with Crippen molar-refractivity contribution in [1.29, 1.82) is 0 Å². The van der Waals surface area contributed by atoms with Crippen LogP contribution in [0.4, 0.5) is 4.39 Å². The summed E-state index contributed by atoms with van der Waals surface area (Å²) in [5, 5.41) is 0. The second kappa shape index (κ2) is 11.3. The summed E-state index contributed by atoms with van der Waals surface area (Å²) >= 11 is 0. The minimum Gasteiger partial charge on any atom is -0.216 e. The second-order valence-corrected chi connectivity index (χ2v) is 8.35. The van der Waals surface area contributed by atoms with Crippen LogP contribution in [0.2, 0.25) is 0 Å². The van der Waals surface area contributed by atoms with Gasteiger partial charge in [0.1, 0.15) is 0 Å². The summed E-state index contributed by atoms with van der Waals surface area (Å²) in [6, 6.07) is 0. The van der Waals surface area contributed by atoms with Crippen LogP contribution in [0.15, 0.2) is 12.4 Å². The molecule has 0 nitrogen and oxygen atoms in total. The third-order valence-corrected chi connectivity index (χ3v) is 6.75. The van der Waals surface area contributed by atoms with Gasteiger partial charge in [0.15, 0.2) is 0 Å². The van der Waals surface area contributed by atoms with Crippen LogP contribution in [0.5, 0.6) is 0 Å². The fourth-order valence-corrected chi connectivity index (χ4v) is 5.15. The number of hydrogen-bond acceptors (Lipinski definition) is 0. The Morgan fingerprint density at radius 2 is 1.30 bits per heavy atom. The van der Waals surface area contributed by atoms with Gasteiger partial charge in [-0.05, 0) is 62.2 Å². The highest BCUT2D eigenvalue weighted by molar-refractivity contribution is 4.83. The smallest absolute Gasteiger partial charge is 0.0827 e. The molecule has 0 spiro atoms. The van der Waals surface area contributed by atoms with Crippen LogP contribution < -0.4 is 0 Å². The Balaban J connectivity index is 1.57. The number of unbranched alkanes of at least 4 members (excludes halogenated alkanes) is 3. The normalized spacial score (nSPS) is 32.4. The fraction of sp³-hybridized carbons (Fsp3) is 0.909. The first-order valence-corrected chi connectivity index (χ1v) is 10.6. The standard InChI is InChI=1S/C22H39F/c1-2-3-4-5-8-19-10-14-21(15-11-19)22-16-12-20(13-17-22)9-6-7-18-23/h7,18-22H,2-6,8-17H2,1H3/t19-,20-,21-,22-. The van der Waals surface area contributed by atoms with Crippen molar-refractivity contribution >= 4 is 0 Å². The van der Waals surface area contributed by atoms with Crippen molar-refractivity contribution in [3.8, 4) is 0 Å². The molecule has 0 N–H and O–H groups in total. The zero-order valence-electron chi connectivity index (χ0n) is 15.4. The Hall–Kier alpha value is -0.330. The van der Waals surface area contributed by atoms with E-state index in [4.69, 9.17) is 0 Å². The van der Waals surface area contributed by atoms with Crippen molar-refractivity contribution in [2.45, 2.75) is 103 Å². The molecule has 0 unspecified atom stereocenters. The maximum absolute atomic E-state index is 12.0. The lowest BCUT2D eigenvalue weighted by Crippen LogP contribution is -2.25. The van der Waals surface area contributed by atoms with Gasteiger partial charge in [0.05, 0.1) is 6.33 Å². The summed E-state index contributed by atoms with van der Waals surface area (Å²) < 4.78 is 12.0. The molecule has 134 valence electrons. The largest absolute Gasteiger partial charge is 0.216 e. The molecular weight excluding hydrogens is 283 g/mol. The highest BCUT2D eigenvalue weighted by atomic mass is 19.1. The Morgan fingerprint density at radius 3 is 1.83 bits per heavy atom. The number of allylic oxidation sites excluding steroid dienone is 1. The maximum atomic E-state index is 12.0. The molecule has 0 atom stereocenters. The highest BCUT2D eigenvalue weighted by Crippen LogP contribution is 2.43. The molecule has 2 aliphatic rings. The molecule has 0 aliphatic heterocycles. The van der Waals surface area contributed by atoms with Gasteiger partial charge in [-0.15, -0.1) is 0 Å². The zero-order chi connectivity index (χ0) is 16.3. The third-order valence-electron chi connectivity index (χ3n) is 6.75. The molecule has 0 amide bonds. The molecule has 2 fully saturated rings. The van der Waals surface area contributed by atoms with Gasteiger partial charge in [-0.1, -0.05) is 70.8 Å². The molecule has 1 heteroatoms. The van der Waals surface area contributed by atoms with E-state index in [-0.39, 0.29) is 0 Å². The van der Waals surface area contributed by atoms with Crippen molar-refractivity contribution in [2.24, 2.45) is 23.7 Å². The SMILES string of the molecule is CCCCCC[C@H]1CC[C@H]([C@H]2CC[C@H](CCC=CF)CC2)CC1.